The van der Waals surface area contributed by atoms with Gasteiger partial charge in [-0.15, -0.1) is 0 Å². The monoisotopic (exact) mass is 410 g/mol. The van der Waals surface area contributed by atoms with Gasteiger partial charge in [-0.2, -0.15) is 11.3 Å². The summed E-state index contributed by atoms with van der Waals surface area (Å²) in [6, 6.07) is 7.71. The summed E-state index contributed by atoms with van der Waals surface area (Å²) < 4.78 is 5.97. The van der Waals surface area contributed by atoms with E-state index in [2.05, 4.69) is 56.8 Å². The molecule has 1 atom stereocenters. The number of benzene rings is 1. The Balaban J connectivity index is 2.13. The first-order valence-corrected chi connectivity index (χ1v) is 9.72. The molecular formula is C18H23BrN2O2S. The third-order valence-corrected chi connectivity index (χ3v) is 5.45. The van der Waals surface area contributed by atoms with Crippen LogP contribution in [0.15, 0.2) is 39.5 Å². The highest BCUT2D eigenvalue weighted by atomic mass is 79.9. The second kappa shape index (κ2) is 9.20. The van der Waals surface area contributed by atoms with Crippen LogP contribution in [0.25, 0.3) is 0 Å². The zero-order valence-corrected chi connectivity index (χ0v) is 16.6. The van der Waals surface area contributed by atoms with Crippen LogP contribution < -0.4 is 10.1 Å². The predicted octanol–water partition coefficient (Wildman–Crippen LogP) is 4.33. The molecule has 0 aliphatic heterocycles. The van der Waals surface area contributed by atoms with Gasteiger partial charge in [-0.1, -0.05) is 13.8 Å². The smallest absolute Gasteiger partial charge is 0.252 e. The van der Waals surface area contributed by atoms with Crippen LogP contribution in [0.2, 0.25) is 0 Å². The normalized spacial score (nSPS) is 12.2. The number of nitrogens with zero attached hydrogens (tertiary/aromatic N) is 1. The molecule has 1 aromatic carbocycles. The van der Waals surface area contributed by atoms with Crippen molar-refractivity contribution in [2.75, 3.05) is 26.7 Å². The van der Waals surface area contributed by atoms with E-state index in [1.54, 1.807) is 24.5 Å². The number of nitrogens with one attached hydrogen (secondary N) is 1. The van der Waals surface area contributed by atoms with Crippen LogP contribution in [0.1, 0.15) is 35.8 Å². The van der Waals surface area contributed by atoms with Gasteiger partial charge in [0, 0.05) is 11.0 Å². The molecule has 1 N–H and O–H groups in total. The molecule has 2 aromatic rings. The quantitative estimate of drug-likeness (QED) is 0.703. The number of rotatable bonds is 8. The molecule has 0 fully saturated rings. The molecule has 2 rings (SSSR count). The van der Waals surface area contributed by atoms with E-state index in [4.69, 9.17) is 4.74 Å². The number of hydrogen-bond acceptors (Lipinski definition) is 4. The average Bonchev–Trinajstić information content (AvgIpc) is 3.13. The van der Waals surface area contributed by atoms with Gasteiger partial charge >= 0.3 is 0 Å². The van der Waals surface area contributed by atoms with E-state index in [9.17, 15) is 4.79 Å². The molecule has 0 spiro atoms. The van der Waals surface area contributed by atoms with Crippen molar-refractivity contribution in [2.45, 2.75) is 19.9 Å². The van der Waals surface area contributed by atoms with Gasteiger partial charge in [-0.25, -0.2) is 0 Å². The lowest BCUT2D eigenvalue weighted by Crippen LogP contribution is -2.38. The summed E-state index contributed by atoms with van der Waals surface area (Å²) in [5.41, 5.74) is 1.83. The van der Waals surface area contributed by atoms with E-state index >= 15 is 0 Å². The second-order valence-corrected chi connectivity index (χ2v) is 6.98. The van der Waals surface area contributed by atoms with Gasteiger partial charge in [0.15, 0.2) is 0 Å². The van der Waals surface area contributed by atoms with Gasteiger partial charge in [0.2, 0.25) is 0 Å². The molecule has 1 heterocycles. The number of carbonyl (C=O) groups excluding carboxylic acids is 1. The van der Waals surface area contributed by atoms with Crippen molar-refractivity contribution in [1.82, 2.24) is 10.2 Å². The maximum atomic E-state index is 12.6. The Bertz CT molecular complexity index is 657. The average molecular weight is 411 g/mol. The zero-order valence-electron chi connectivity index (χ0n) is 14.2. The van der Waals surface area contributed by atoms with Gasteiger partial charge < -0.3 is 10.1 Å². The van der Waals surface area contributed by atoms with Crippen LogP contribution in [0.4, 0.5) is 0 Å². The molecule has 0 saturated carbocycles. The van der Waals surface area contributed by atoms with Crippen LogP contribution in [0, 0.1) is 0 Å². The van der Waals surface area contributed by atoms with E-state index in [1.165, 1.54) is 5.56 Å². The van der Waals surface area contributed by atoms with E-state index in [0.29, 0.717) is 17.9 Å². The Hall–Kier alpha value is -1.37. The van der Waals surface area contributed by atoms with Crippen molar-refractivity contribution in [3.8, 4) is 5.75 Å². The third kappa shape index (κ3) is 4.59. The highest BCUT2D eigenvalue weighted by molar-refractivity contribution is 9.10. The summed E-state index contributed by atoms with van der Waals surface area (Å²) in [6.07, 6.45) is 0. The molecule has 0 aliphatic carbocycles. The summed E-state index contributed by atoms with van der Waals surface area (Å²) in [7, 11) is 1.60. The van der Waals surface area contributed by atoms with E-state index < -0.39 is 0 Å². The SMILES string of the molecule is CCN(CC)C(CNC(=O)c1cc(OC)ccc1Br)c1ccsc1. The predicted molar refractivity (Wildman–Crippen MR) is 103 cm³/mol. The number of halogens is 1. The molecule has 6 heteroatoms. The Morgan fingerprint density at radius 1 is 1.33 bits per heavy atom. The van der Waals surface area contributed by atoms with Gasteiger partial charge in [-0.05, 0) is 69.6 Å². The lowest BCUT2D eigenvalue weighted by atomic mass is 10.1. The number of likely N-dealkylation sites (N-methyl/N-ethyl adjacent to an activating group) is 1. The molecule has 1 unspecified atom stereocenters. The van der Waals surface area contributed by atoms with Crippen LogP contribution in [-0.2, 0) is 0 Å². The maximum Gasteiger partial charge on any atom is 0.252 e. The number of hydrogen-bond donors (Lipinski definition) is 1. The number of thiophene rings is 1. The standard InChI is InChI=1S/C18H23BrN2O2S/c1-4-21(5-2)17(13-8-9-24-12-13)11-20-18(22)15-10-14(23-3)6-7-16(15)19/h6-10,12,17H,4-5,11H2,1-3H3,(H,20,22). The third-order valence-electron chi connectivity index (χ3n) is 4.06. The molecule has 1 aromatic heterocycles. The summed E-state index contributed by atoms with van der Waals surface area (Å²) >= 11 is 5.12. The fraction of sp³-hybridized carbons (Fsp3) is 0.389. The molecule has 0 saturated heterocycles. The summed E-state index contributed by atoms with van der Waals surface area (Å²) in [4.78, 5) is 14.9. The fourth-order valence-electron chi connectivity index (χ4n) is 2.68. The first kappa shape index (κ1) is 19.0. The minimum atomic E-state index is -0.104. The molecule has 24 heavy (non-hydrogen) atoms. The molecule has 1 amide bonds. The van der Waals surface area contributed by atoms with E-state index in [-0.39, 0.29) is 11.9 Å². The van der Waals surface area contributed by atoms with Gasteiger partial charge in [-0.3, -0.25) is 9.69 Å². The van der Waals surface area contributed by atoms with E-state index in [0.717, 1.165) is 17.6 Å². The summed E-state index contributed by atoms with van der Waals surface area (Å²) in [6.45, 7) is 6.74. The fourth-order valence-corrected chi connectivity index (χ4v) is 3.81. The van der Waals surface area contributed by atoms with Crippen LogP contribution in [0.5, 0.6) is 5.75 Å². The molecular weight excluding hydrogens is 388 g/mol. The number of amides is 1. The summed E-state index contributed by atoms with van der Waals surface area (Å²) in [5.74, 6) is 0.564. The highest BCUT2D eigenvalue weighted by Crippen LogP contribution is 2.24. The number of methoxy groups -OCH3 is 1. The van der Waals surface area contributed by atoms with Gasteiger partial charge in [0.1, 0.15) is 5.75 Å². The molecule has 4 nitrogen and oxygen atoms in total. The molecule has 0 radical (unpaired) electrons. The Kier molecular flexibility index (Phi) is 7.27. The van der Waals surface area contributed by atoms with Crippen LogP contribution in [-0.4, -0.2) is 37.6 Å². The van der Waals surface area contributed by atoms with Crippen molar-refractivity contribution in [1.29, 1.82) is 0 Å². The minimum absolute atomic E-state index is 0.104. The number of carbonyl (C=O) groups is 1. The Morgan fingerprint density at radius 2 is 2.08 bits per heavy atom. The number of ether oxygens (including phenoxy) is 1. The van der Waals surface area contributed by atoms with Crippen molar-refractivity contribution in [3.05, 3.63) is 50.6 Å². The minimum Gasteiger partial charge on any atom is -0.497 e. The van der Waals surface area contributed by atoms with Gasteiger partial charge in [0.25, 0.3) is 5.91 Å². The maximum absolute atomic E-state index is 12.6. The topological polar surface area (TPSA) is 41.6 Å². The second-order valence-electron chi connectivity index (χ2n) is 5.35. The molecule has 0 aliphatic rings. The lowest BCUT2D eigenvalue weighted by molar-refractivity contribution is 0.0934. The van der Waals surface area contributed by atoms with E-state index in [1.807, 2.05) is 12.1 Å². The summed E-state index contributed by atoms with van der Waals surface area (Å²) in [5, 5.41) is 7.29. The van der Waals surface area contributed by atoms with Crippen LogP contribution in [0.3, 0.4) is 0 Å². The Morgan fingerprint density at radius 3 is 2.67 bits per heavy atom. The van der Waals surface area contributed by atoms with Crippen molar-refractivity contribution >= 4 is 33.2 Å². The Labute approximate surface area is 156 Å². The zero-order chi connectivity index (χ0) is 17.5. The van der Waals surface area contributed by atoms with Crippen LogP contribution >= 0.6 is 27.3 Å². The van der Waals surface area contributed by atoms with Crippen molar-refractivity contribution in [3.63, 3.8) is 0 Å². The van der Waals surface area contributed by atoms with Crippen molar-refractivity contribution < 1.29 is 9.53 Å². The van der Waals surface area contributed by atoms with Crippen molar-refractivity contribution in [2.24, 2.45) is 0 Å². The highest BCUT2D eigenvalue weighted by Gasteiger charge is 2.20. The first-order chi connectivity index (χ1) is 11.6. The molecule has 130 valence electrons. The van der Waals surface area contributed by atoms with Gasteiger partial charge in [0.05, 0.1) is 18.7 Å². The molecule has 0 bridgehead atoms. The largest absolute Gasteiger partial charge is 0.497 e. The lowest BCUT2D eigenvalue weighted by Gasteiger charge is -2.29. The first-order valence-electron chi connectivity index (χ1n) is 7.98.